The summed E-state index contributed by atoms with van der Waals surface area (Å²) in [4.78, 5) is 2.77. The maximum absolute atomic E-state index is 5.37. The second-order valence-corrected chi connectivity index (χ2v) is 4.57. The molecule has 0 amide bonds. The minimum Gasteiger partial charge on any atom is -0.378 e. The van der Waals surface area contributed by atoms with Gasteiger partial charge in [-0.2, -0.15) is 0 Å². The molecule has 2 aromatic rings. The molecule has 92 valence electrons. The molecule has 1 N–H and O–H groups in total. The normalized spacial score (nSPS) is 9.89. The van der Waals surface area contributed by atoms with Crippen LogP contribution in [0.3, 0.4) is 0 Å². The van der Waals surface area contributed by atoms with Crippen molar-refractivity contribution in [3.63, 3.8) is 0 Å². The fraction of sp³-hybridized carbons (Fsp3) is 0.143. The molecule has 0 atom stereocenters. The predicted octanol–water partition coefficient (Wildman–Crippen LogP) is 1.96. The van der Waals surface area contributed by atoms with Crippen LogP contribution in [0.1, 0.15) is 5.56 Å². The Morgan fingerprint density at radius 3 is 2.22 bits per heavy atom. The zero-order valence-corrected chi connectivity index (χ0v) is 11.3. The second kappa shape index (κ2) is 5.60. The van der Waals surface area contributed by atoms with Gasteiger partial charge in [0.1, 0.15) is 0 Å². The van der Waals surface area contributed by atoms with Crippen LogP contribution < -0.4 is 15.0 Å². The Kier molecular flexibility index (Phi) is 3.89. The van der Waals surface area contributed by atoms with E-state index >= 15 is 0 Å². The third kappa shape index (κ3) is 3.05. The van der Waals surface area contributed by atoms with E-state index in [1.165, 1.54) is 0 Å². The summed E-state index contributed by atoms with van der Waals surface area (Å²) in [5.74, 6) is 0. The van der Waals surface area contributed by atoms with Crippen LogP contribution >= 0.6 is 12.2 Å². The molecule has 18 heavy (non-hydrogen) atoms. The van der Waals surface area contributed by atoms with Crippen molar-refractivity contribution in [2.75, 3.05) is 24.4 Å². The summed E-state index contributed by atoms with van der Waals surface area (Å²) >= 11 is 5.37. The molecular formula is C14H16N3S+. The number of aromatic nitrogens is 1. The van der Waals surface area contributed by atoms with Crippen LogP contribution in [0, 0.1) is 0 Å². The van der Waals surface area contributed by atoms with Gasteiger partial charge in [0, 0.05) is 37.5 Å². The van der Waals surface area contributed by atoms with Gasteiger partial charge in [0.05, 0.1) is 0 Å². The summed E-state index contributed by atoms with van der Waals surface area (Å²) in [5.41, 5.74) is 5.31. The number of nitrogens with zero attached hydrogens (tertiary/aromatic N) is 2. The Hall–Kier alpha value is -1.94. The van der Waals surface area contributed by atoms with Gasteiger partial charge < -0.3 is 4.90 Å². The molecule has 3 nitrogen and oxygen atoms in total. The van der Waals surface area contributed by atoms with E-state index in [4.69, 9.17) is 12.2 Å². The summed E-state index contributed by atoms with van der Waals surface area (Å²) in [6.07, 6.45) is 3.83. The fourth-order valence-electron chi connectivity index (χ4n) is 1.57. The molecule has 1 heterocycles. The highest BCUT2D eigenvalue weighted by molar-refractivity contribution is 7.81. The molecule has 2 rings (SSSR count). The van der Waals surface area contributed by atoms with Gasteiger partial charge in [-0.3, -0.25) is 0 Å². The summed E-state index contributed by atoms with van der Waals surface area (Å²) in [6.45, 7) is 0. The molecular weight excluding hydrogens is 242 g/mol. The zero-order chi connectivity index (χ0) is 13.0. The molecule has 0 unspecified atom stereocenters. The van der Waals surface area contributed by atoms with Crippen molar-refractivity contribution < 1.29 is 4.68 Å². The number of hydrogen-bond acceptors (Lipinski definition) is 2. The Bertz CT molecular complexity index is 520. The van der Waals surface area contributed by atoms with Gasteiger partial charge in [-0.05, 0) is 24.3 Å². The highest BCUT2D eigenvalue weighted by Gasteiger charge is 2.06. The van der Waals surface area contributed by atoms with E-state index in [-0.39, 0.29) is 0 Å². The molecule has 0 fully saturated rings. The number of pyridine rings is 1. The molecule has 0 spiro atoms. The van der Waals surface area contributed by atoms with Gasteiger partial charge in [-0.25, -0.2) is 0 Å². The van der Waals surface area contributed by atoms with E-state index in [1.807, 2.05) is 61.5 Å². The SMILES string of the molecule is CN(C)c1ccc(C(=S)N[n+]2ccccc2)cc1. The standard InChI is InChI=1S/C14H15N3S/c1-16(2)13-8-6-12(7-9-13)14(18)15-17-10-4-3-5-11-17/h3-11H,1-2H3/p+1. The van der Waals surface area contributed by atoms with E-state index in [0.29, 0.717) is 4.99 Å². The van der Waals surface area contributed by atoms with Crippen molar-refractivity contribution in [1.29, 1.82) is 0 Å². The lowest BCUT2D eigenvalue weighted by Crippen LogP contribution is -2.47. The quantitative estimate of drug-likeness (QED) is 0.671. The third-order valence-corrected chi connectivity index (χ3v) is 2.92. The second-order valence-electron chi connectivity index (χ2n) is 4.16. The van der Waals surface area contributed by atoms with Crippen LogP contribution in [0.2, 0.25) is 0 Å². The Morgan fingerprint density at radius 2 is 1.67 bits per heavy atom. The summed E-state index contributed by atoms with van der Waals surface area (Å²) in [7, 11) is 4.04. The molecule has 0 aliphatic rings. The number of rotatable bonds is 3. The molecule has 0 aliphatic carbocycles. The minimum absolute atomic E-state index is 0.705. The largest absolute Gasteiger partial charge is 0.378 e. The van der Waals surface area contributed by atoms with Crippen LogP contribution in [0.25, 0.3) is 0 Å². The molecule has 4 heteroatoms. The summed E-state index contributed by atoms with van der Waals surface area (Å²) in [6, 6.07) is 14.0. The van der Waals surface area contributed by atoms with E-state index in [2.05, 4.69) is 22.5 Å². The molecule has 0 bridgehead atoms. The first kappa shape index (κ1) is 12.5. The first-order valence-electron chi connectivity index (χ1n) is 5.72. The number of anilines is 1. The first-order valence-corrected chi connectivity index (χ1v) is 6.13. The van der Waals surface area contributed by atoms with Crippen molar-refractivity contribution in [1.82, 2.24) is 0 Å². The maximum atomic E-state index is 5.37. The molecule has 0 aliphatic heterocycles. The smallest absolute Gasteiger partial charge is 0.199 e. The van der Waals surface area contributed by atoms with Crippen LogP contribution in [-0.4, -0.2) is 19.1 Å². The lowest BCUT2D eigenvalue weighted by Gasteiger charge is -2.12. The van der Waals surface area contributed by atoms with E-state index in [1.54, 1.807) is 0 Å². The number of benzene rings is 1. The van der Waals surface area contributed by atoms with Crippen molar-refractivity contribution in [3.05, 3.63) is 60.4 Å². The van der Waals surface area contributed by atoms with Crippen LogP contribution in [0.5, 0.6) is 0 Å². The average Bonchev–Trinajstić information content (AvgIpc) is 2.40. The number of nitrogens with one attached hydrogen (secondary N) is 1. The molecule has 0 saturated carbocycles. The van der Waals surface area contributed by atoms with Crippen molar-refractivity contribution in [2.24, 2.45) is 0 Å². The topological polar surface area (TPSA) is 19.1 Å². The highest BCUT2D eigenvalue weighted by atomic mass is 32.1. The van der Waals surface area contributed by atoms with E-state index in [0.717, 1.165) is 11.3 Å². The summed E-state index contributed by atoms with van der Waals surface area (Å²) in [5, 5.41) is 0. The van der Waals surface area contributed by atoms with Gasteiger partial charge in [0.15, 0.2) is 17.4 Å². The van der Waals surface area contributed by atoms with Crippen LogP contribution in [0.4, 0.5) is 5.69 Å². The van der Waals surface area contributed by atoms with E-state index < -0.39 is 0 Å². The maximum Gasteiger partial charge on any atom is 0.199 e. The Morgan fingerprint density at radius 1 is 1.06 bits per heavy atom. The van der Waals surface area contributed by atoms with Crippen LogP contribution in [-0.2, 0) is 0 Å². The lowest BCUT2D eigenvalue weighted by atomic mass is 10.2. The fourth-order valence-corrected chi connectivity index (χ4v) is 1.81. The highest BCUT2D eigenvalue weighted by Crippen LogP contribution is 2.12. The van der Waals surface area contributed by atoms with Crippen molar-refractivity contribution in [3.8, 4) is 0 Å². The minimum atomic E-state index is 0.705. The Labute approximate surface area is 113 Å². The number of thiocarbonyl (C=S) groups is 1. The molecule has 0 saturated heterocycles. The van der Waals surface area contributed by atoms with Crippen molar-refractivity contribution in [2.45, 2.75) is 0 Å². The zero-order valence-electron chi connectivity index (χ0n) is 10.5. The van der Waals surface area contributed by atoms with E-state index in [9.17, 15) is 0 Å². The van der Waals surface area contributed by atoms with Gasteiger partial charge in [0.2, 0.25) is 0 Å². The van der Waals surface area contributed by atoms with Crippen LogP contribution in [0.15, 0.2) is 54.9 Å². The first-order chi connectivity index (χ1) is 8.66. The van der Waals surface area contributed by atoms with Gasteiger partial charge in [-0.15, -0.1) is 5.43 Å². The monoisotopic (exact) mass is 258 g/mol. The predicted molar refractivity (Wildman–Crippen MR) is 78.5 cm³/mol. The Balaban J connectivity index is 2.10. The van der Waals surface area contributed by atoms with Crippen molar-refractivity contribution >= 4 is 22.9 Å². The molecule has 1 aromatic carbocycles. The molecule has 1 aromatic heterocycles. The lowest BCUT2D eigenvalue weighted by molar-refractivity contribution is -0.639. The molecule has 0 radical (unpaired) electrons. The van der Waals surface area contributed by atoms with Gasteiger partial charge >= 0.3 is 0 Å². The van der Waals surface area contributed by atoms with Gasteiger partial charge in [0.25, 0.3) is 0 Å². The number of hydrogen-bond donors (Lipinski definition) is 1. The summed E-state index contributed by atoms with van der Waals surface area (Å²) < 4.78 is 1.84. The third-order valence-electron chi connectivity index (χ3n) is 2.59. The van der Waals surface area contributed by atoms with Gasteiger partial charge in [-0.1, -0.05) is 23.0 Å². The average molecular weight is 258 g/mol.